The second-order valence-corrected chi connectivity index (χ2v) is 9.42. The molecular formula is C22H25Cl2N7O. The quantitative estimate of drug-likeness (QED) is 0.461. The van der Waals surface area contributed by atoms with Crippen molar-refractivity contribution in [2.45, 2.75) is 57.0 Å². The molecule has 10 heteroatoms. The second kappa shape index (κ2) is 8.75. The molecule has 0 spiro atoms. The first-order valence-electron chi connectivity index (χ1n) is 11.0. The molecule has 1 amide bonds. The zero-order valence-electron chi connectivity index (χ0n) is 17.5. The Hall–Kier alpha value is -2.58. The minimum atomic E-state index is -0.227. The third kappa shape index (κ3) is 4.09. The number of primary amides is 1. The lowest BCUT2D eigenvalue weighted by Crippen LogP contribution is -2.29. The average Bonchev–Trinajstić information content (AvgIpc) is 3.11. The SMILES string of the molecule is NC(=O)[C@H]1CC[C@H](n2c(Nc3c(Cl)cccc3Cl)nc3cnc(NC4CCC4)nc32)CC1. The normalized spacial score (nSPS) is 21.3. The van der Waals surface area contributed by atoms with Gasteiger partial charge < -0.3 is 16.4 Å². The summed E-state index contributed by atoms with van der Waals surface area (Å²) < 4.78 is 2.10. The van der Waals surface area contributed by atoms with Crippen molar-refractivity contribution in [3.05, 3.63) is 34.4 Å². The molecule has 0 unspecified atom stereocenters. The summed E-state index contributed by atoms with van der Waals surface area (Å²) in [5, 5.41) is 7.75. The van der Waals surface area contributed by atoms with E-state index >= 15 is 0 Å². The van der Waals surface area contributed by atoms with Gasteiger partial charge >= 0.3 is 0 Å². The predicted molar refractivity (Wildman–Crippen MR) is 127 cm³/mol. The van der Waals surface area contributed by atoms with Crippen LogP contribution in [0.4, 0.5) is 17.6 Å². The number of nitrogens with zero attached hydrogens (tertiary/aromatic N) is 4. The molecule has 5 rings (SSSR count). The molecule has 168 valence electrons. The van der Waals surface area contributed by atoms with Crippen LogP contribution in [0.2, 0.25) is 10.0 Å². The second-order valence-electron chi connectivity index (χ2n) is 8.61. The van der Waals surface area contributed by atoms with Gasteiger partial charge in [-0.1, -0.05) is 29.3 Å². The van der Waals surface area contributed by atoms with E-state index in [1.807, 2.05) is 0 Å². The molecule has 0 atom stereocenters. The van der Waals surface area contributed by atoms with E-state index in [1.54, 1.807) is 24.4 Å². The molecule has 0 radical (unpaired) electrons. The van der Waals surface area contributed by atoms with Crippen LogP contribution in [0.25, 0.3) is 11.2 Å². The molecule has 2 fully saturated rings. The van der Waals surface area contributed by atoms with Gasteiger partial charge in [0.1, 0.15) is 5.52 Å². The van der Waals surface area contributed by atoms with Crippen molar-refractivity contribution in [2.24, 2.45) is 11.7 Å². The number of nitrogens with one attached hydrogen (secondary N) is 2. The van der Waals surface area contributed by atoms with Gasteiger partial charge in [-0.3, -0.25) is 9.36 Å². The first kappa shape index (κ1) is 21.3. The Kier molecular flexibility index (Phi) is 5.82. The number of carbonyl (C=O) groups is 1. The molecule has 2 aliphatic rings. The van der Waals surface area contributed by atoms with Crippen LogP contribution in [0.15, 0.2) is 24.4 Å². The molecule has 3 aromatic rings. The number of hydrogen-bond acceptors (Lipinski definition) is 6. The van der Waals surface area contributed by atoms with E-state index in [2.05, 4.69) is 20.2 Å². The lowest BCUT2D eigenvalue weighted by molar-refractivity contribution is -0.122. The number of halogens is 2. The maximum atomic E-state index is 11.7. The topological polar surface area (TPSA) is 111 Å². The molecule has 0 aliphatic heterocycles. The van der Waals surface area contributed by atoms with Gasteiger partial charge in [-0.15, -0.1) is 0 Å². The number of para-hydroxylation sites is 1. The number of aromatic nitrogens is 4. The molecule has 0 bridgehead atoms. The molecule has 2 heterocycles. The highest BCUT2D eigenvalue weighted by Gasteiger charge is 2.29. The number of rotatable bonds is 6. The van der Waals surface area contributed by atoms with Gasteiger partial charge in [0.15, 0.2) is 5.65 Å². The summed E-state index contributed by atoms with van der Waals surface area (Å²) in [6, 6.07) is 5.90. The summed E-state index contributed by atoms with van der Waals surface area (Å²) in [4.78, 5) is 25.7. The van der Waals surface area contributed by atoms with Crippen molar-refractivity contribution in [3.8, 4) is 0 Å². The fourth-order valence-corrected chi connectivity index (χ4v) is 4.97. The largest absolute Gasteiger partial charge is 0.369 e. The number of anilines is 3. The zero-order chi connectivity index (χ0) is 22.2. The Labute approximate surface area is 195 Å². The van der Waals surface area contributed by atoms with Crippen molar-refractivity contribution in [1.29, 1.82) is 0 Å². The maximum Gasteiger partial charge on any atom is 0.224 e. The van der Waals surface area contributed by atoms with Gasteiger partial charge in [-0.05, 0) is 57.1 Å². The monoisotopic (exact) mass is 473 g/mol. The van der Waals surface area contributed by atoms with E-state index < -0.39 is 0 Å². The maximum absolute atomic E-state index is 11.7. The summed E-state index contributed by atoms with van der Waals surface area (Å²) in [6.45, 7) is 0. The van der Waals surface area contributed by atoms with Gasteiger partial charge in [0.05, 0.1) is 21.9 Å². The van der Waals surface area contributed by atoms with Crippen LogP contribution in [0, 0.1) is 5.92 Å². The lowest BCUT2D eigenvalue weighted by atomic mass is 9.85. The average molecular weight is 474 g/mol. The van der Waals surface area contributed by atoms with Gasteiger partial charge in [0.2, 0.25) is 17.8 Å². The molecule has 8 nitrogen and oxygen atoms in total. The van der Waals surface area contributed by atoms with Gasteiger partial charge in [-0.25, -0.2) is 9.97 Å². The van der Waals surface area contributed by atoms with E-state index in [0.29, 0.717) is 39.2 Å². The number of nitrogens with two attached hydrogens (primary N) is 1. The van der Waals surface area contributed by atoms with Crippen LogP contribution >= 0.6 is 23.2 Å². The summed E-state index contributed by atoms with van der Waals surface area (Å²) >= 11 is 12.8. The van der Waals surface area contributed by atoms with Crippen molar-refractivity contribution in [3.63, 3.8) is 0 Å². The van der Waals surface area contributed by atoms with Crippen molar-refractivity contribution < 1.29 is 4.79 Å². The molecule has 4 N–H and O–H groups in total. The van der Waals surface area contributed by atoms with E-state index in [9.17, 15) is 4.79 Å². The molecule has 2 aliphatic carbocycles. The number of carbonyl (C=O) groups excluding carboxylic acids is 1. The third-order valence-electron chi connectivity index (χ3n) is 6.53. The molecule has 2 aromatic heterocycles. The Balaban J connectivity index is 1.54. The highest BCUT2D eigenvalue weighted by Crippen LogP contribution is 2.39. The number of fused-ring (bicyclic) bond motifs is 1. The first-order valence-corrected chi connectivity index (χ1v) is 11.8. The summed E-state index contributed by atoms with van der Waals surface area (Å²) in [5.74, 6) is 0.902. The number of amides is 1. The first-order chi connectivity index (χ1) is 15.5. The van der Waals surface area contributed by atoms with E-state index in [1.165, 1.54) is 6.42 Å². The van der Waals surface area contributed by atoms with E-state index in [-0.39, 0.29) is 17.9 Å². The van der Waals surface area contributed by atoms with Crippen LogP contribution in [0.5, 0.6) is 0 Å². The summed E-state index contributed by atoms with van der Waals surface area (Å²) in [6.07, 6.45) is 8.33. The Morgan fingerprint density at radius 3 is 2.41 bits per heavy atom. The number of imidazole rings is 1. The van der Waals surface area contributed by atoms with Gasteiger partial charge in [0.25, 0.3) is 0 Å². The van der Waals surface area contributed by atoms with Crippen LogP contribution in [-0.2, 0) is 4.79 Å². The van der Waals surface area contributed by atoms with Gasteiger partial charge in [-0.2, -0.15) is 4.98 Å². The van der Waals surface area contributed by atoms with Crippen molar-refractivity contribution >= 4 is 57.9 Å². The fourth-order valence-electron chi connectivity index (χ4n) is 4.48. The number of hydrogen-bond donors (Lipinski definition) is 3. The smallest absolute Gasteiger partial charge is 0.224 e. The minimum Gasteiger partial charge on any atom is -0.369 e. The number of benzene rings is 1. The molecule has 0 saturated heterocycles. The Morgan fingerprint density at radius 1 is 1.06 bits per heavy atom. The van der Waals surface area contributed by atoms with Crippen molar-refractivity contribution in [1.82, 2.24) is 19.5 Å². The van der Waals surface area contributed by atoms with Crippen LogP contribution in [0.1, 0.15) is 51.0 Å². The fraction of sp³-hybridized carbons (Fsp3) is 0.455. The Morgan fingerprint density at radius 2 is 1.78 bits per heavy atom. The standard InChI is InChI=1S/C22H25Cl2N7O/c23-15-5-2-6-16(24)18(15)29-22-28-17-11-26-21(27-13-3-1-4-13)30-20(17)31(22)14-9-7-12(8-10-14)19(25)32/h2,5-6,11-14H,1,3-4,7-10H2,(H2,25,32)(H,28,29)(H,26,27,30)/t12-,14-. The molecule has 1 aromatic carbocycles. The van der Waals surface area contributed by atoms with E-state index in [4.69, 9.17) is 38.9 Å². The summed E-state index contributed by atoms with van der Waals surface area (Å²) in [7, 11) is 0. The van der Waals surface area contributed by atoms with Gasteiger partial charge in [0, 0.05) is 18.0 Å². The minimum absolute atomic E-state index is 0.0825. The highest BCUT2D eigenvalue weighted by molar-refractivity contribution is 6.39. The van der Waals surface area contributed by atoms with E-state index in [0.717, 1.165) is 44.2 Å². The van der Waals surface area contributed by atoms with Crippen LogP contribution in [0.3, 0.4) is 0 Å². The molecule has 2 saturated carbocycles. The predicted octanol–water partition coefficient (Wildman–Crippen LogP) is 5.06. The van der Waals surface area contributed by atoms with Crippen LogP contribution < -0.4 is 16.4 Å². The molecule has 32 heavy (non-hydrogen) atoms. The van der Waals surface area contributed by atoms with Crippen LogP contribution in [-0.4, -0.2) is 31.5 Å². The van der Waals surface area contributed by atoms with Crippen molar-refractivity contribution in [2.75, 3.05) is 10.6 Å². The summed E-state index contributed by atoms with van der Waals surface area (Å²) in [5.41, 5.74) is 7.57. The lowest BCUT2D eigenvalue weighted by Gasteiger charge is -2.29. The Bertz CT molecular complexity index is 1130. The highest BCUT2D eigenvalue weighted by atomic mass is 35.5. The molecular weight excluding hydrogens is 449 g/mol. The zero-order valence-corrected chi connectivity index (χ0v) is 19.0. The third-order valence-corrected chi connectivity index (χ3v) is 7.16.